The topological polar surface area (TPSA) is 69.6 Å². The first kappa shape index (κ1) is 16.6. The summed E-state index contributed by atoms with van der Waals surface area (Å²) in [6, 6.07) is 4.15. The monoisotopic (exact) mass is 358 g/mol. The highest BCUT2D eigenvalue weighted by atomic mass is 32.1. The molecule has 2 aromatic rings. The number of fused-ring (bicyclic) bond motifs is 1. The second-order valence-corrected chi connectivity index (χ2v) is 7.61. The van der Waals surface area contributed by atoms with E-state index in [1.807, 2.05) is 6.07 Å². The predicted octanol–water partition coefficient (Wildman–Crippen LogP) is 1.57. The van der Waals surface area contributed by atoms with Crippen molar-refractivity contribution in [1.82, 2.24) is 14.9 Å². The summed E-state index contributed by atoms with van der Waals surface area (Å²) in [4.78, 5) is 27.4. The summed E-state index contributed by atoms with van der Waals surface area (Å²) in [6.07, 6.45) is 3.07. The number of β-amino-alcohol motifs (C(OH)–C–C–N with tert-alkyl or cyclic N) is 1. The molecule has 25 heavy (non-hydrogen) atoms. The van der Waals surface area contributed by atoms with Crippen LogP contribution in [0.4, 0.5) is 5.95 Å². The average molecular weight is 358 g/mol. The van der Waals surface area contributed by atoms with Crippen molar-refractivity contribution in [2.24, 2.45) is 0 Å². The molecule has 0 spiro atoms. The first-order chi connectivity index (χ1) is 12.2. The molecule has 1 atom stereocenters. The van der Waals surface area contributed by atoms with Crippen molar-refractivity contribution in [1.29, 1.82) is 0 Å². The van der Waals surface area contributed by atoms with Crippen LogP contribution in [0.15, 0.2) is 23.7 Å². The number of rotatable bonds is 4. The smallest absolute Gasteiger partial charge is 0.225 e. The lowest BCUT2D eigenvalue weighted by molar-refractivity contribution is 0.0963. The summed E-state index contributed by atoms with van der Waals surface area (Å²) < 4.78 is 0. The van der Waals surface area contributed by atoms with Crippen molar-refractivity contribution in [2.75, 3.05) is 44.2 Å². The summed E-state index contributed by atoms with van der Waals surface area (Å²) in [6.45, 7) is 4.41. The Hall–Kier alpha value is -1.83. The van der Waals surface area contributed by atoms with Crippen molar-refractivity contribution in [3.05, 3.63) is 39.8 Å². The Morgan fingerprint density at radius 2 is 2.08 bits per heavy atom. The van der Waals surface area contributed by atoms with E-state index in [9.17, 15) is 4.79 Å². The van der Waals surface area contributed by atoms with E-state index in [4.69, 9.17) is 10.1 Å². The quantitative estimate of drug-likeness (QED) is 0.895. The molecule has 1 saturated heterocycles. The van der Waals surface area contributed by atoms with Gasteiger partial charge in [0.25, 0.3) is 0 Å². The molecule has 0 radical (unpaired) electrons. The molecular formula is C18H22N4O2S. The van der Waals surface area contributed by atoms with E-state index in [0.29, 0.717) is 12.0 Å². The fraction of sp³-hybridized carbons (Fsp3) is 0.500. The first-order valence-corrected chi connectivity index (χ1v) is 9.63. The molecule has 6 nitrogen and oxygen atoms in total. The lowest BCUT2D eigenvalue weighted by atomic mass is 9.86. The minimum Gasteiger partial charge on any atom is -0.395 e. The van der Waals surface area contributed by atoms with E-state index in [0.717, 1.165) is 50.8 Å². The Labute approximate surface area is 151 Å². The number of thiophene rings is 1. The van der Waals surface area contributed by atoms with Crippen LogP contribution in [0.25, 0.3) is 0 Å². The number of ketones is 1. The maximum absolute atomic E-state index is 12.5. The van der Waals surface area contributed by atoms with Crippen molar-refractivity contribution >= 4 is 23.1 Å². The molecule has 3 heterocycles. The van der Waals surface area contributed by atoms with Gasteiger partial charge in [-0.1, -0.05) is 6.07 Å². The molecule has 7 heteroatoms. The van der Waals surface area contributed by atoms with Crippen LogP contribution in [0, 0.1) is 0 Å². The molecule has 1 aliphatic heterocycles. The number of hydrogen-bond acceptors (Lipinski definition) is 7. The highest BCUT2D eigenvalue weighted by molar-refractivity contribution is 7.10. The summed E-state index contributed by atoms with van der Waals surface area (Å²) in [5, 5.41) is 11.1. The maximum atomic E-state index is 12.5. The Balaban J connectivity index is 1.52. The van der Waals surface area contributed by atoms with Crippen LogP contribution in [-0.4, -0.2) is 65.1 Å². The molecule has 0 unspecified atom stereocenters. The third-order valence-corrected chi connectivity index (χ3v) is 6.08. The number of Topliss-reactive ketones (excluding diaryl/α,β-unsaturated/α-hetero) is 1. The van der Waals surface area contributed by atoms with Crippen LogP contribution in [-0.2, 0) is 6.42 Å². The minimum absolute atomic E-state index is 0.152. The highest BCUT2D eigenvalue weighted by Crippen LogP contribution is 2.34. The number of carbonyl (C=O) groups is 1. The van der Waals surface area contributed by atoms with Crippen LogP contribution in [0.1, 0.15) is 33.3 Å². The number of aliphatic hydroxyl groups excluding tert-OH is 1. The molecule has 4 rings (SSSR count). The molecule has 0 aromatic carbocycles. The normalized spacial score (nSPS) is 21.4. The number of nitrogens with zero attached hydrogens (tertiary/aromatic N) is 4. The SMILES string of the molecule is O=C1C[C@H](c2cccs2)Cc2nc(N3CCN(CCO)CC3)ncc21. The van der Waals surface area contributed by atoms with Gasteiger partial charge in [-0.05, 0) is 17.9 Å². The molecule has 0 amide bonds. The second-order valence-electron chi connectivity index (χ2n) is 6.63. The van der Waals surface area contributed by atoms with E-state index in [1.165, 1.54) is 4.88 Å². The maximum Gasteiger partial charge on any atom is 0.225 e. The Morgan fingerprint density at radius 1 is 1.24 bits per heavy atom. The zero-order chi connectivity index (χ0) is 17.2. The number of piperazine rings is 1. The lowest BCUT2D eigenvalue weighted by Crippen LogP contribution is -2.47. The van der Waals surface area contributed by atoms with Crippen LogP contribution >= 0.6 is 11.3 Å². The van der Waals surface area contributed by atoms with Gasteiger partial charge >= 0.3 is 0 Å². The van der Waals surface area contributed by atoms with E-state index in [2.05, 4.69) is 26.2 Å². The summed E-state index contributed by atoms with van der Waals surface area (Å²) >= 11 is 1.71. The van der Waals surface area contributed by atoms with Gasteiger partial charge in [0.05, 0.1) is 17.9 Å². The fourth-order valence-electron chi connectivity index (χ4n) is 3.62. The van der Waals surface area contributed by atoms with Crippen molar-refractivity contribution in [3.8, 4) is 0 Å². The summed E-state index contributed by atoms with van der Waals surface area (Å²) in [7, 11) is 0. The Kier molecular flexibility index (Phi) is 4.78. The molecule has 132 valence electrons. The molecular weight excluding hydrogens is 336 g/mol. The van der Waals surface area contributed by atoms with Gasteiger partial charge in [0.1, 0.15) is 0 Å². The van der Waals surface area contributed by atoms with Gasteiger partial charge in [-0.2, -0.15) is 0 Å². The summed E-state index contributed by atoms with van der Waals surface area (Å²) in [5.41, 5.74) is 1.58. The molecule has 1 fully saturated rings. The number of aliphatic hydroxyl groups is 1. The average Bonchev–Trinajstić information content (AvgIpc) is 3.17. The fourth-order valence-corrected chi connectivity index (χ4v) is 4.45. The number of hydrogen-bond donors (Lipinski definition) is 1. The molecule has 0 saturated carbocycles. The van der Waals surface area contributed by atoms with Crippen LogP contribution in [0.5, 0.6) is 0 Å². The Morgan fingerprint density at radius 3 is 2.80 bits per heavy atom. The molecule has 0 bridgehead atoms. The van der Waals surface area contributed by atoms with Gasteiger partial charge in [-0.3, -0.25) is 9.69 Å². The van der Waals surface area contributed by atoms with E-state index in [-0.39, 0.29) is 18.3 Å². The van der Waals surface area contributed by atoms with E-state index < -0.39 is 0 Å². The molecule has 2 aliphatic rings. The standard InChI is InChI=1S/C18H22N4O2S/c23-8-7-21-3-5-22(6-4-21)18-19-12-14-15(20-18)10-13(11-16(14)24)17-2-1-9-25-17/h1-2,9,12-13,23H,3-8,10-11H2/t13-/m1/s1. The lowest BCUT2D eigenvalue weighted by Gasteiger charge is -2.34. The predicted molar refractivity (Wildman–Crippen MR) is 97.5 cm³/mol. The summed E-state index contributed by atoms with van der Waals surface area (Å²) in [5.74, 6) is 1.12. The van der Waals surface area contributed by atoms with E-state index >= 15 is 0 Å². The zero-order valence-corrected chi connectivity index (χ0v) is 14.9. The molecule has 1 aliphatic carbocycles. The van der Waals surface area contributed by atoms with Crippen LogP contribution < -0.4 is 4.90 Å². The second kappa shape index (κ2) is 7.19. The zero-order valence-electron chi connectivity index (χ0n) is 14.1. The number of carbonyl (C=O) groups excluding carboxylic acids is 1. The molecule has 1 N–H and O–H groups in total. The van der Waals surface area contributed by atoms with E-state index in [1.54, 1.807) is 17.5 Å². The van der Waals surface area contributed by atoms with Crippen LogP contribution in [0.2, 0.25) is 0 Å². The largest absolute Gasteiger partial charge is 0.395 e. The van der Waals surface area contributed by atoms with Gasteiger partial charge in [0.15, 0.2) is 5.78 Å². The van der Waals surface area contributed by atoms with Gasteiger partial charge in [0, 0.05) is 56.1 Å². The van der Waals surface area contributed by atoms with Crippen molar-refractivity contribution in [3.63, 3.8) is 0 Å². The van der Waals surface area contributed by atoms with Crippen LogP contribution in [0.3, 0.4) is 0 Å². The number of anilines is 1. The first-order valence-electron chi connectivity index (χ1n) is 8.75. The van der Waals surface area contributed by atoms with Gasteiger partial charge < -0.3 is 10.0 Å². The minimum atomic E-state index is 0.152. The molecule has 2 aromatic heterocycles. The third kappa shape index (κ3) is 3.44. The van der Waals surface area contributed by atoms with Gasteiger partial charge in [0.2, 0.25) is 5.95 Å². The Bertz CT molecular complexity index is 742. The highest BCUT2D eigenvalue weighted by Gasteiger charge is 2.29. The third-order valence-electron chi connectivity index (χ3n) is 5.04. The van der Waals surface area contributed by atoms with Gasteiger partial charge in [-0.15, -0.1) is 11.3 Å². The van der Waals surface area contributed by atoms with Crippen molar-refractivity contribution < 1.29 is 9.90 Å². The van der Waals surface area contributed by atoms with Gasteiger partial charge in [-0.25, -0.2) is 9.97 Å². The van der Waals surface area contributed by atoms with Crippen molar-refractivity contribution in [2.45, 2.75) is 18.8 Å². The number of aromatic nitrogens is 2.